The fraction of sp³-hybridized carbons (Fsp3) is 0.526. The minimum Gasteiger partial charge on any atom is -0.419 e. The Labute approximate surface area is 155 Å². The monoisotopic (exact) mass is 372 g/mol. The summed E-state index contributed by atoms with van der Waals surface area (Å²) in [6.07, 6.45) is 9.33. The number of ether oxygens (including phenoxy) is 2. The van der Waals surface area contributed by atoms with Gasteiger partial charge in [0.25, 0.3) is 5.79 Å². The summed E-state index contributed by atoms with van der Waals surface area (Å²) in [4.78, 5) is 25.9. The Morgan fingerprint density at radius 3 is 2.42 bits per heavy atom. The first-order valence-corrected chi connectivity index (χ1v) is 9.91. The van der Waals surface area contributed by atoms with Crippen LogP contribution in [0, 0.1) is 11.3 Å². The normalized spacial score (nSPS) is 21.4. The number of anilines is 1. The van der Waals surface area contributed by atoms with Crippen molar-refractivity contribution in [3.8, 4) is 6.07 Å². The van der Waals surface area contributed by atoms with E-state index in [0.29, 0.717) is 23.4 Å². The van der Waals surface area contributed by atoms with Gasteiger partial charge in [0, 0.05) is 23.9 Å². The standard InChI is InChI=1S/C19H20N2O4S/c20-10-13-12-6-2-3-7-15(12)26-16(13)21-11-14-17(22)24-19(25-18(14)23)8-4-1-5-9-19/h11,21H,1-9H2. The van der Waals surface area contributed by atoms with Crippen LogP contribution >= 0.6 is 11.3 Å². The lowest BCUT2D eigenvalue weighted by molar-refractivity contribution is -0.244. The number of hydrogen-bond acceptors (Lipinski definition) is 7. The van der Waals surface area contributed by atoms with Crippen molar-refractivity contribution in [3.63, 3.8) is 0 Å². The van der Waals surface area contributed by atoms with Gasteiger partial charge in [-0.1, -0.05) is 6.42 Å². The Morgan fingerprint density at radius 2 is 1.73 bits per heavy atom. The second-order valence-electron chi connectivity index (χ2n) is 6.98. The molecule has 1 aromatic rings. The van der Waals surface area contributed by atoms with E-state index in [1.807, 2.05) is 0 Å². The first-order valence-electron chi connectivity index (χ1n) is 9.10. The predicted molar refractivity (Wildman–Crippen MR) is 95.4 cm³/mol. The zero-order valence-corrected chi connectivity index (χ0v) is 15.2. The second-order valence-corrected chi connectivity index (χ2v) is 8.08. The average molecular weight is 372 g/mol. The summed E-state index contributed by atoms with van der Waals surface area (Å²) in [6.45, 7) is 0. The molecule has 26 heavy (non-hydrogen) atoms. The lowest BCUT2D eigenvalue weighted by Crippen LogP contribution is -2.47. The molecule has 3 aliphatic rings. The molecule has 136 valence electrons. The van der Waals surface area contributed by atoms with Crippen LogP contribution < -0.4 is 5.32 Å². The first-order chi connectivity index (χ1) is 12.6. The molecule has 2 fully saturated rings. The van der Waals surface area contributed by atoms with Crippen LogP contribution in [0.3, 0.4) is 0 Å². The lowest BCUT2D eigenvalue weighted by atomic mass is 9.93. The highest BCUT2D eigenvalue weighted by Gasteiger charge is 2.46. The van der Waals surface area contributed by atoms with Gasteiger partial charge in [0.05, 0.1) is 5.56 Å². The molecule has 0 amide bonds. The van der Waals surface area contributed by atoms with Crippen molar-refractivity contribution in [2.75, 3.05) is 5.32 Å². The Morgan fingerprint density at radius 1 is 1.04 bits per heavy atom. The van der Waals surface area contributed by atoms with Crippen molar-refractivity contribution in [1.82, 2.24) is 0 Å². The van der Waals surface area contributed by atoms with Gasteiger partial charge in [0.1, 0.15) is 11.1 Å². The molecule has 6 nitrogen and oxygen atoms in total. The highest BCUT2D eigenvalue weighted by Crippen LogP contribution is 2.39. The number of carbonyl (C=O) groups is 2. The fourth-order valence-corrected chi connectivity index (χ4v) is 5.10. The van der Waals surface area contributed by atoms with Crippen molar-refractivity contribution < 1.29 is 19.1 Å². The van der Waals surface area contributed by atoms with E-state index in [0.717, 1.165) is 50.5 Å². The summed E-state index contributed by atoms with van der Waals surface area (Å²) in [5.41, 5.74) is 1.55. The number of aryl methyl sites for hydroxylation is 1. The van der Waals surface area contributed by atoms with E-state index in [9.17, 15) is 14.9 Å². The molecule has 1 saturated heterocycles. The number of fused-ring (bicyclic) bond motifs is 1. The quantitative estimate of drug-likeness (QED) is 0.485. The van der Waals surface area contributed by atoms with Gasteiger partial charge < -0.3 is 14.8 Å². The third kappa shape index (κ3) is 2.99. The molecule has 1 aromatic heterocycles. The van der Waals surface area contributed by atoms with E-state index in [-0.39, 0.29) is 5.57 Å². The van der Waals surface area contributed by atoms with Crippen molar-refractivity contribution in [1.29, 1.82) is 5.26 Å². The van der Waals surface area contributed by atoms with Gasteiger partial charge >= 0.3 is 11.9 Å². The summed E-state index contributed by atoms with van der Waals surface area (Å²) in [6, 6.07) is 2.25. The minimum atomic E-state index is -1.08. The number of thiophene rings is 1. The number of carbonyl (C=O) groups excluding carboxylic acids is 2. The Hall–Kier alpha value is -2.33. The van der Waals surface area contributed by atoms with Gasteiger partial charge in [-0.05, 0) is 44.1 Å². The second kappa shape index (κ2) is 6.76. The number of hydrogen-bond donors (Lipinski definition) is 1. The van der Waals surface area contributed by atoms with E-state index in [2.05, 4.69) is 11.4 Å². The van der Waals surface area contributed by atoms with Crippen molar-refractivity contribution in [3.05, 3.63) is 27.8 Å². The number of rotatable bonds is 2. The fourth-order valence-electron chi connectivity index (χ4n) is 3.89. The Kier molecular flexibility index (Phi) is 4.45. The van der Waals surface area contributed by atoms with Crippen LogP contribution in [0.5, 0.6) is 0 Å². The van der Waals surface area contributed by atoms with E-state index >= 15 is 0 Å². The van der Waals surface area contributed by atoms with Crippen LogP contribution in [0.1, 0.15) is 60.9 Å². The molecule has 0 radical (unpaired) electrons. The van der Waals surface area contributed by atoms with E-state index in [4.69, 9.17) is 9.47 Å². The molecule has 0 unspecified atom stereocenters. The molecule has 1 N–H and O–H groups in total. The van der Waals surface area contributed by atoms with Crippen LogP contribution in [-0.4, -0.2) is 17.7 Å². The van der Waals surface area contributed by atoms with Crippen molar-refractivity contribution in [2.45, 2.75) is 63.6 Å². The van der Waals surface area contributed by atoms with Gasteiger partial charge in [-0.25, -0.2) is 9.59 Å². The summed E-state index contributed by atoms with van der Waals surface area (Å²) >= 11 is 1.52. The Balaban J connectivity index is 1.54. The molecule has 1 aliphatic heterocycles. The Bertz CT molecular complexity index is 805. The largest absolute Gasteiger partial charge is 0.419 e. The maximum Gasteiger partial charge on any atom is 0.350 e. The number of nitrogens with one attached hydrogen (secondary N) is 1. The molecular weight excluding hydrogens is 352 g/mol. The van der Waals surface area contributed by atoms with Gasteiger partial charge in [0.15, 0.2) is 5.57 Å². The van der Waals surface area contributed by atoms with Gasteiger partial charge in [-0.15, -0.1) is 11.3 Å². The molecule has 1 spiro atoms. The zero-order chi connectivity index (χ0) is 18.1. The third-order valence-corrected chi connectivity index (χ3v) is 6.47. The third-order valence-electron chi connectivity index (χ3n) is 5.24. The maximum absolute atomic E-state index is 12.4. The molecular formula is C19H20N2O4S. The highest BCUT2D eigenvalue weighted by atomic mass is 32.1. The lowest BCUT2D eigenvalue weighted by Gasteiger charge is -2.38. The maximum atomic E-state index is 12.4. The molecule has 4 rings (SSSR count). The summed E-state index contributed by atoms with van der Waals surface area (Å²) < 4.78 is 10.9. The van der Waals surface area contributed by atoms with Gasteiger partial charge in [0.2, 0.25) is 0 Å². The molecule has 2 aliphatic carbocycles. The minimum absolute atomic E-state index is 0.156. The molecule has 7 heteroatoms. The van der Waals surface area contributed by atoms with Crippen molar-refractivity contribution in [2.24, 2.45) is 0 Å². The van der Waals surface area contributed by atoms with E-state index in [1.165, 1.54) is 22.4 Å². The number of esters is 2. The highest BCUT2D eigenvalue weighted by molar-refractivity contribution is 7.16. The van der Waals surface area contributed by atoms with Crippen LogP contribution in [0.25, 0.3) is 0 Å². The molecule has 0 bridgehead atoms. The van der Waals surface area contributed by atoms with Crippen molar-refractivity contribution >= 4 is 28.3 Å². The number of nitrogens with zero attached hydrogens (tertiary/aromatic N) is 1. The zero-order valence-electron chi connectivity index (χ0n) is 14.4. The van der Waals surface area contributed by atoms with Crippen LogP contribution in [0.2, 0.25) is 0 Å². The smallest absolute Gasteiger partial charge is 0.350 e. The van der Waals surface area contributed by atoms with Gasteiger partial charge in [-0.3, -0.25) is 0 Å². The molecule has 2 heterocycles. The van der Waals surface area contributed by atoms with E-state index < -0.39 is 17.7 Å². The van der Waals surface area contributed by atoms with Gasteiger partial charge in [-0.2, -0.15) is 5.26 Å². The summed E-state index contributed by atoms with van der Waals surface area (Å²) in [7, 11) is 0. The molecule has 0 aromatic carbocycles. The first kappa shape index (κ1) is 17.1. The van der Waals surface area contributed by atoms with Crippen LogP contribution in [0.15, 0.2) is 11.8 Å². The van der Waals surface area contributed by atoms with E-state index in [1.54, 1.807) is 0 Å². The SMILES string of the molecule is N#Cc1c(NC=C2C(=O)OC3(CCCCC3)OC2=O)sc2c1CCCC2. The molecule has 1 saturated carbocycles. The average Bonchev–Trinajstić information content (AvgIpc) is 2.99. The summed E-state index contributed by atoms with van der Waals surface area (Å²) in [5, 5.41) is 13.1. The predicted octanol–water partition coefficient (Wildman–Crippen LogP) is 3.55. The van der Waals surface area contributed by atoms with Crippen LogP contribution in [-0.2, 0) is 31.9 Å². The number of nitriles is 1. The topological polar surface area (TPSA) is 88.4 Å². The van der Waals surface area contributed by atoms with Crippen LogP contribution in [0.4, 0.5) is 5.00 Å². The summed E-state index contributed by atoms with van der Waals surface area (Å²) in [5.74, 6) is -2.39. The molecule has 0 atom stereocenters.